The van der Waals surface area contributed by atoms with E-state index in [1.165, 1.54) is 0 Å². The summed E-state index contributed by atoms with van der Waals surface area (Å²) in [6.45, 7) is 5.95. The van der Waals surface area contributed by atoms with E-state index in [1.807, 2.05) is 69.6 Å². The first kappa shape index (κ1) is 26.8. The molecule has 11 nitrogen and oxygen atoms in total. The first-order valence-electron chi connectivity index (χ1n) is 14.5. The van der Waals surface area contributed by atoms with Crippen molar-refractivity contribution in [1.29, 1.82) is 0 Å². The molecule has 0 bridgehead atoms. The van der Waals surface area contributed by atoms with Crippen LogP contribution in [-0.4, -0.2) is 49.6 Å². The third-order valence-electron chi connectivity index (χ3n) is 8.46. The van der Waals surface area contributed by atoms with Crippen LogP contribution in [0, 0.1) is 19.8 Å². The Morgan fingerprint density at radius 2 is 1.98 bits per heavy atom. The maximum atomic E-state index is 13.7. The molecule has 1 saturated heterocycles. The second kappa shape index (κ2) is 10.7. The standard InChI is InChI=1S/C32H33N9O2/c1-18-14-35-32(37-27-13-19(2)40(3)39-27)38-28(18)23-16-34-29-21(23)8-5-11-26(29)41-17-24-22(31(41)43)9-4-10-25(24)36-30(42)20-7-6-12-33-15-20/h4-5,8-11,13-14,16,20,33-34H,6-7,12,15,17H2,1-3H3,(H,36,42)(H,35,37,38,39). The first-order chi connectivity index (χ1) is 20.9. The van der Waals surface area contributed by atoms with E-state index in [1.54, 1.807) is 15.8 Å². The highest BCUT2D eigenvalue weighted by atomic mass is 16.2. The number of anilines is 4. The second-order valence-electron chi connectivity index (χ2n) is 11.3. The molecule has 0 radical (unpaired) electrons. The molecule has 7 rings (SSSR count). The molecule has 1 fully saturated rings. The van der Waals surface area contributed by atoms with Gasteiger partial charge in [-0.15, -0.1) is 0 Å². The lowest BCUT2D eigenvalue weighted by Crippen LogP contribution is -2.37. The zero-order valence-electron chi connectivity index (χ0n) is 24.4. The molecule has 11 heteroatoms. The van der Waals surface area contributed by atoms with E-state index in [0.29, 0.717) is 36.1 Å². The third kappa shape index (κ3) is 4.81. The Hall–Kier alpha value is -5.03. The topological polar surface area (TPSA) is 133 Å². The monoisotopic (exact) mass is 575 g/mol. The van der Waals surface area contributed by atoms with Gasteiger partial charge in [-0.05, 0) is 57.0 Å². The minimum Gasteiger partial charge on any atom is -0.359 e. The minimum atomic E-state index is -0.0931. The Morgan fingerprint density at radius 1 is 1.12 bits per heavy atom. The van der Waals surface area contributed by atoms with Gasteiger partial charge in [-0.3, -0.25) is 14.3 Å². The lowest BCUT2D eigenvalue weighted by atomic mass is 9.98. The zero-order chi connectivity index (χ0) is 29.7. The van der Waals surface area contributed by atoms with Gasteiger partial charge in [0.25, 0.3) is 5.91 Å². The number of benzene rings is 2. The largest absolute Gasteiger partial charge is 0.359 e. The molecule has 0 saturated carbocycles. The number of nitrogens with one attached hydrogen (secondary N) is 4. The molecule has 43 heavy (non-hydrogen) atoms. The van der Waals surface area contributed by atoms with E-state index in [0.717, 1.165) is 64.1 Å². The van der Waals surface area contributed by atoms with Crippen molar-refractivity contribution in [3.05, 3.63) is 77.2 Å². The molecule has 218 valence electrons. The van der Waals surface area contributed by atoms with Crippen LogP contribution in [0.1, 0.15) is 40.0 Å². The smallest absolute Gasteiger partial charge is 0.259 e. The van der Waals surface area contributed by atoms with Crippen molar-refractivity contribution in [2.75, 3.05) is 28.6 Å². The molecule has 2 aliphatic rings. The van der Waals surface area contributed by atoms with Gasteiger partial charge in [0.15, 0.2) is 5.82 Å². The number of aromatic nitrogens is 5. The molecule has 1 unspecified atom stereocenters. The van der Waals surface area contributed by atoms with Gasteiger partial charge in [0.1, 0.15) is 0 Å². The van der Waals surface area contributed by atoms with Crippen LogP contribution in [0.5, 0.6) is 0 Å². The predicted octanol–water partition coefficient (Wildman–Crippen LogP) is 4.82. The lowest BCUT2D eigenvalue weighted by Gasteiger charge is -2.22. The SMILES string of the molecule is Cc1cnc(Nc2cc(C)n(C)n2)nc1-c1c[nH]c2c(N3Cc4c(NC(=O)C5CCCNC5)cccc4C3=O)cccc12. The molecule has 3 aromatic heterocycles. The third-order valence-corrected chi connectivity index (χ3v) is 8.46. The number of H-pyrrole nitrogens is 1. The summed E-state index contributed by atoms with van der Waals surface area (Å²) in [5, 5.41) is 15.0. The van der Waals surface area contributed by atoms with Crippen LogP contribution in [0.15, 0.2) is 54.9 Å². The lowest BCUT2D eigenvalue weighted by molar-refractivity contribution is -0.120. The highest BCUT2D eigenvalue weighted by Gasteiger charge is 2.33. The van der Waals surface area contributed by atoms with E-state index in [9.17, 15) is 9.59 Å². The number of aromatic amines is 1. The van der Waals surface area contributed by atoms with Crippen molar-refractivity contribution >= 4 is 45.9 Å². The van der Waals surface area contributed by atoms with Gasteiger partial charge in [-0.2, -0.15) is 5.10 Å². The summed E-state index contributed by atoms with van der Waals surface area (Å²) in [6.07, 6.45) is 5.57. The molecule has 2 aliphatic heterocycles. The summed E-state index contributed by atoms with van der Waals surface area (Å²) in [7, 11) is 1.89. The maximum absolute atomic E-state index is 13.7. The summed E-state index contributed by atoms with van der Waals surface area (Å²) in [6, 6.07) is 13.4. The Labute approximate surface area is 248 Å². The molecule has 5 aromatic rings. The molecule has 4 N–H and O–H groups in total. The Morgan fingerprint density at radius 3 is 2.77 bits per heavy atom. The number of rotatable bonds is 6. The molecule has 5 heterocycles. The fourth-order valence-electron chi connectivity index (χ4n) is 6.03. The van der Waals surface area contributed by atoms with E-state index < -0.39 is 0 Å². The number of aryl methyl sites for hydroxylation is 3. The van der Waals surface area contributed by atoms with E-state index in [2.05, 4.69) is 31.0 Å². The Bertz CT molecular complexity index is 1860. The van der Waals surface area contributed by atoms with Crippen LogP contribution >= 0.6 is 0 Å². The van der Waals surface area contributed by atoms with Crippen LogP contribution in [0.3, 0.4) is 0 Å². The fraction of sp³-hybridized carbons (Fsp3) is 0.281. The number of para-hydroxylation sites is 1. The summed E-state index contributed by atoms with van der Waals surface area (Å²) in [4.78, 5) is 41.2. The summed E-state index contributed by atoms with van der Waals surface area (Å²) in [5.74, 6) is 0.958. The van der Waals surface area contributed by atoms with Crippen molar-refractivity contribution in [2.24, 2.45) is 13.0 Å². The van der Waals surface area contributed by atoms with Crippen molar-refractivity contribution in [2.45, 2.75) is 33.2 Å². The Kier molecular flexibility index (Phi) is 6.66. The number of amides is 2. The quantitative estimate of drug-likeness (QED) is 0.228. The second-order valence-corrected chi connectivity index (χ2v) is 11.3. The molecular formula is C32H33N9O2. The van der Waals surface area contributed by atoms with E-state index >= 15 is 0 Å². The van der Waals surface area contributed by atoms with Crippen LogP contribution in [0.2, 0.25) is 0 Å². The summed E-state index contributed by atoms with van der Waals surface area (Å²) >= 11 is 0. The average molecular weight is 576 g/mol. The van der Waals surface area contributed by atoms with Crippen molar-refractivity contribution in [1.82, 2.24) is 30.0 Å². The van der Waals surface area contributed by atoms with Gasteiger partial charge in [-0.1, -0.05) is 18.2 Å². The highest BCUT2D eigenvalue weighted by Crippen LogP contribution is 2.39. The van der Waals surface area contributed by atoms with Gasteiger partial charge < -0.3 is 25.8 Å². The fourth-order valence-corrected chi connectivity index (χ4v) is 6.03. The highest BCUT2D eigenvalue weighted by molar-refractivity contribution is 6.15. The normalized spacial score (nSPS) is 16.5. The number of carbonyl (C=O) groups excluding carboxylic acids is 2. The molecule has 1 atom stereocenters. The van der Waals surface area contributed by atoms with Crippen LogP contribution in [0.25, 0.3) is 22.2 Å². The maximum Gasteiger partial charge on any atom is 0.259 e. The van der Waals surface area contributed by atoms with Crippen LogP contribution in [0.4, 0.5) is 23.1 Å². The zero-order valence-corrected chi connectivity index (χ0v) is 24.4. The Balaban J connectivity index is 1.19. The van der Waals surface area contributed by atoms with Crippen LogP contribution in [-0.2, 0) is 18.4 Å². The van der Waals surface area contributed by atoms with Crippen molar-refractivity contribution in [3.63, 3.8) is 0 Å². The molecule has 0 spiro atoms. The predicted molar refractivity (Wildman–Crippen MR) is 166 cm³/mol. The number of hydrogen-bond donors (Lipinski definition) is 4. The van der Waals surface area contributed by atoms with Crippen molar-refractivity contribution < 1.29 is 9.59 Å². The minimum absolute atomic E-state index is 0.00475. The molecule has 0 aliphatic carbocycles. The average Bonchev–Trinajstić information content (AvgIpc) is 3.69. The van der Waals surface area contributed by atoms with Gasteiger partial charge in [0.05, 0.1) is 29.4 Å². The number of hydrogen-bond acceptors (Lipinski definition) is 7. The summed E-state index contributed by atoms with van der Waals surface area (Å²) < 4.78 is 1.79. The van der Waals surface area contributed by atoms with Crippen LogP contribution < -0.4 is 20.9 Å². The number of piperidine rings is 1. The van der Waals surface area contributed by atoms with Gasteiger partial charge in [-0.25, -0.2) is 9.97 Å². The number of fused-ring (bicyclic) bond motifs is 2. The number of carbonyl (C=O) groups is 2. The molecular weight excluding hydrogens is 542 g/mol. The van der Waals surface area contributed by atoms with E-state index in [-0.39, 0.29) is 17.7 Å². The van der Waals surface area contributed by atoms with Gasteiger partial charge in [0.2, 0.25) is 11.9 Å². The first-order valence-corrected chi connectivity index (χ1v) is 14.5. The van der Waals surface area contributed by atoms with Crippen molar-refractivity contribution in [3.8, 4) is 11.3 Å². The molecule has 2 amide bonds. The van der Waals surface area contributed by atoms with E-state index in [4.69, 9.17) is 4.98 Å². The van der Waals surface area contributed by atoms with Gasteiger partial charge >= 0.3 is 0 Å². The molecule has 2 aromatic carbocycles. The van der Waals surface area contributed by atoms with Gasteiger partial charge in [0, 0.05) is 65.5 Å². The summed E-state index contributed by atoms with van der Waals surface area (Å²) in [5.41, 5.74) is 7.39. The number of nitrogens with zero attached hydrogens (tertiary/aromatic N) is 5.